The van der Waals surface area contributed by atoms with E-state index in [0.29, 0.717) is 0 Å². The molecular formula is C6H2F8. The number of halogens is 8. The summed E-state index contributed by atoms with van der Waals surface area (Å²) in [7, 11) is 0. The molecule has 0 atom stereocenters. The molecule has 1 saturated carbocycles. The van der Waals surface area contributed by atoms with Gasteiger partial charge in [0.15, 0.2) is 0 Å². The van der Waals surface area contributed by atoms with Crippen LogP contribution in [0.1, 0.15) is 6.42 Å². The van der Waals surface area contributed by atoms with Crippen molar-refractivity contribution < 1.29 is 35.1 Å². The smallest absolute Gasteiger partial charge is 0.201 e. The quantitative estimate of drug-likeness (QED) is 0.438. The van der Waals surface area contributed by atoms with Gasteiger partial charge >= 0.3 is 12.4 Å². The predicted octanol–water partition coefficient (Wildman–Crippen LogP) is 3.45. The predicted molar refractivity (Wildman–Crippen MR) is 28.7 cm³/mol. The fourth-order valence-corrected chi connectivity index (χ4v) is 0.952. The van der Waals surface area contributed by atoms with E-state index in [1.165, 1.54) is 0 Å². The van der Waals surface area contributed by atoms with Crippen LogP contribution in [0.5, 0.6) is 0 Å². The van der Waals surface area contributed by atoms with Crippen molar-refractivity contribution in [2.45, 2.75) is 24.7 Å². The molecule has 0 amide bonds. The monoisotopic (exact) mass is 226 g/mol. The van der Waals surface area contributed by atoms with Gasteiger partial charge in [-0.3, -0.25) is 0 Å². The van der Waals surface area contributed by atoms with Crippen molar-refractivity contribution >= 4 is 0 Å². The molecule has 0 aromatic heterocycles. The second kappa shape index (κ2) is 2.60. The van der Waals surface area contributed by atoms with Crippen LogP contribution in [-0.4, -0.2) is 18.3 Å². The fourth-order valence-electron chi connectivity index (χ4n) is 0.952. The maximum atomic E-state index is 12.0. The van der Waals surface area contributed by atoms with E-state index in [0.717, 1.165) is 0 Å². The third-order valence-corrected chi connectivity index (χ3v) is 1.58. The first-order valence-corrected chi connectivity index (χ1v) is 3.22. The maximum Gasteiger partial charge on any atom is 0.421 e. The molecule has 1 rings (SSSR count). The topological polar surface area (TPSA) is 0 Å². The lowest BCUT2D eigenvalue weighted by Gasteiger charge is -2.14. The van der Waals surface area contributed by atoms with Gasteiger partial charge in [-0.15, -0.1) is 0 Å². The van der Waals surface area contributed by atoms with E-state index in [-0.39, 0.29) is 0 Å². The first kappa shape index (κ1) is 11.3. The summed E-state index contributed by atoms with van der Waals surface area (Å²) in [4.78, 5) is 0. The Hall–Kier alpha value is -0.820. The van der Waals surface area contributed by atoms with Gasteiger partial charge in [0.25, 0.3) is 5.92 Å². The highest BCUT2D eigenvalue weighted by molar-refractivity contribution is 5.41. The Bertz CT molecular complexity index is 261. The van der Waals surface area contributed by atoms with Crippen LogP contribution in [0.15, 0.2) is 11.1 Å². The minimum absolute atomic E-state index is 1.47. The van der Waals surface area contributed by atoms with Crippen LogP contribution < -0.4 is 0 Å². The third kappa shape index (κ3) is 1.98. The SMILES string of the molecule is FC(F)(F)C(=C1CC1(F)F)C(F)(F)F. The fraction of sp³-hybridized carbons (Fsp3) is 0.667. The lowest BCUT2D eigenvalue weighted by atomic mass is 10.2. The van der Waals surface area contributed by atoms with Gasteiger partial charge in [0, 0.05) is 12.0 Å². The van der Waals surface area contributed by atoms with Crippen molar-refractivity contribution in [1.82, 2.24) is 0 Å². The largest absolute Gasteiger partial charge is 0.421 e. The summed E-state index contributed by atoms with van der Waals surface area (Å²) < 4.78 is 94.5. The van der Waals surface area contributed by atoms with Gasteiger partial charge in [-0.2, -0.15) is 26.3 Å². The van der Waals surface area contributed by atoms with Crippen LogP contribution in [0.3, 0.4) is 0 Å². The Labute approximate surface area is 72.2 Å². The van der Waals surface area contributed by atoms with E-state index in [4.69, 9.17) is 0 Å². The lowest BCUT2D eigenvalue weighted by molar-refractivity contribution is -0.173. The first-order valence-electron chi connectivity index (χ1n) is 3.22. The van der Waals surface area contributed by atoms with Crippen molar-refractivity contribution in [3.8, 4) is 0 Å². The Morgan fingerprint density at radius 2 is 1.21 bits per heavy atom. The van der Waals surface area contributed by atoms with Crippen molar-refractivity contribution in [2.75, 3.05) is 0 Å². The van der Waals surface area contributed by atoms with E-state index in [9.17, 15) is 35.1 Å². The zero-order chi connectivity index (χ0) is 11.4. The van der Waals surface area contributed by atoms with Gasteiger partial charge in [0.1, 0.15) is 5.57 Å². The average Bonchev–Trinajstić information content (AvgIpc) is 2.29. The summed E-state index contributed by atoms with van der Waals surface area (Å²) in [6, 6.07) is 0. The number of hydrogen-bond acceptors (Lipinski definition) is 0. The molecule has 0 nitrogen and oxygen atoms in total. The Morgan fingerprint density at radius 3 is 1.29 bits per heavy atom. The third-order valence-electron chi connectivity index (χ3n) is 1.58. The van der Waals surface area contributed by atoms with E-state index in [1.807, 2.05) is 0 Å². The van der Waals surface area contributed by atoms with Gasteiger partial charge < -0.3 is 0 Å². The zero-order valence-electron chi connectivity index (χ0n) is 6.23. The van der Waals surface area contributed by atoms with E-state index in [2.05, 4.69) is 0 Å². The van der Waals surface area contributed by atoms with Crippen LogP contribution in [0.2, 0.25) is 0 Å². The normalized spacial score (nSPS) is 21.0. The summed E-state index contributed by atoms with van der Waals surface area (Å²) in [5.41, 5.74) is -4.95. The average molecular weight is 226 g/mol. The second-order valence-electron chi connectivity index (χ2n) is 2.73. The molecule has 0 spiro atoms. The van der Waals surface area contributed by atoms with E-state index >= 15 is 0 Å². The molecule has 0 saturated heterocycles. The van der Waals surface area contributed by atoms with Crippen LogP contribution in [0.25, 0.3) is 0 Å². The molecule has 1 aliphatic carbocycles. The van der Waals surface area contributed by atoms with Gasteiger partial charge in [-0.1, -0.05) is 0 Å². The molecule has 14 heavy (non-hydrogen) atoms. The molecule has 0 aromatic rings. The molecule has 8 heteroatoms. The first-order chi connectivity index (χ1) is 5.96. The minimum Gasteiger partial charge on any atom is -0.201 e. The molecule has 0 aromatic carbocycles. The summed E-state index contributed by atoms with van der Waals surface area (Å²) in [5, 5.41) is 0. The molecule has 0 heterocycles. The summed E-state index contributed by atoms with van der Waals surface area (Å²) >= 11 is 0. The zero-order valence-corrected chi connectivity index (χ0v) is 6.23. The van der Waals surface area contributed by atoms with Crippen molar-refractivity contribution in [1.29, 1.82) is 0 Å². The lowest BCUT2D eigenvalue weighted by Crippen LogP contribution is -2.27. The number of allylic oxidation sites excluding steroid dienone is 2. The van der Waals surface area contributed by atoms with Crippen LogP contribution in [-0.2, 0) is 0 Å². The van der Waals surface area contributed by atoms with E-state index < -0.39 is 35.8 Å². The number of hydrogen-bond donors (Lipinski definition) is 0. The summed E-state index contributed by atoms with van der Waals surface area (Å²) in [5.74, 6) is -3.96. The van der Waals surface area contributed by atoms with Crippen LogP contribution in [0, 0.1) is 0 Å². The highest BCUT2D eigenvalue weighted by Crippen LogP contribution is 2.56. The summed E-state index contributed by atoms with van der Waals surface area (Å²) in [6.45, 7) is 0. The summed E-state index contributed by atoms with van der Waals surface area (Å²) in [6.07, 6.45) is -13.0. The van der Waals surface area contributed by atoms with Crippen LogP contribution >= 0.6 is 0 Å². The molecule has 0 aliphatic heterocycles. The van der Waals surface area contributed by atoms with E-state index in [1.54, 1.807) is 0 Å². The molecule has 1 fully saturated rings. The Balaban J connectivity index is 3.18. The number of alkyl halides is 8. The van der Waals surface area contributed by atoms with Gasteiger partial charge in [-0.25, -0.2) is 8.78 Å². The molecule has 1 aliphatic rings. The minimum atomic E-state index is -5.78. The Kier molecular flexibility index (Phi) is 2.09. The van der Waals surface area contributed by atoms with Crippen LogP contribution in [0.4, 0.5) is 35.1 Å². The Morgan fingerprint density at radius 1 is 0.929 bits per heavy atom. The standard InChI is InChI=1S/C6H2F8/c7-4(8)1-2(4)3(5(9,10)11)6(12,13)14/h1H2. The molecule has 0 N–H and O–H groups in total. The van der Waals surface area contributed by atoms with Crippen molar-refractivity contribution in [2.24, 2.45) is 0 Å². The molecular weight excluding hydrogens is 224 g/mol. The van der Waals surface area contributed by atoms with Crippen molar-refractivity contribution in [3.63, 3.8) is 0 Å². The maximum absolute atomic E-state index is 12.0. The highest BCUT2D eigenvalue weighted by Gasteiger charge is 2.64. The van der Waals surface area contributed by atoms with Gasteiger partial charge in [0.2, 0.25) is 0 Å². The molecule has 0 bridgehead atoms. The molecule has 0 radical (unpaired) electrons. The molecule has 82 valence electrons. The molecule has 0 unspecified atom stereocenters. The van der Waals surface area contributed by atoms with Gasteiger partial charge in [-0.05, 0) is 0 Å². The van der Waals surface area contributed by atoms with Crippen molar-refractivity contribution in [3.05, 3.63) is 11.1 Å². The highest BCUT2D eigenvalue weighted by atomic mass is 19.4. The second-order valence-corrected chi connectivity index (χ2v) is 2.73. The number of rotatable bonds is 0. The van der Waals surface area contributed by atoms with Gasteiger partial charge in [0.05, 0.1) is 0 Å².